The number of pyridine rings is 1. The van der Waals surface area contributed by atoms with Gasteiger partial charge < -0.3 is 4.90 Å². The van der Waals surface area contributed by atoms with Gasteiger partial charge in [0.2, 0.25) is 0 Å². The van der Waals surface area contributed by atoms with Gasteiger partial charge in [-0.2, -0.15) is 0 Å². The van der Waals surface area contributed by atoms with Gasteiger partial charge in [0.1, 0.15) is 5.82 Å². The molecule has 0 unspecified atom stereocenters. The third kappa shape index (κ3) is 4.57. The Morgan fingerprint density at radius 3 is 2.63 bits per heavy atom. The molecule has 1 aromatic heterocycles. The molecule has 1 aliphatic carbocycles. The quantitative estimate of drug-likeness (QED) is 0.515. The van der Waals surface area contributed by atoms with Gasteiger partial charge in [0.15, 0.2) is 0 Å². The number of benzene rings is 1. The van der Waals surface area contributed by atoms with Gasteiger partial charge in [0.25, 0.3) is 0 Å². The second kappa shape index (κ2) is 9.36. The predicted octanol–water partition coefficient (Wildman–Crippen LogP) is 6.65. The number of allylic oxidation sites excluding steroid dienone is 1. The molecule has 0 N–H and O–H groups in total. The van der Waals surface area contributed by atoms with Gasteiger partial charge in [-0.25, -0.2) is 4.98 Å². The largest absolute Gasteiger partial charge is 0.324 e. The molecule has 0 aliphatic heterocycles. The van der Waals surface area contributed by atoms with Gasteiger partial charge in [-0.3, -0.25) is 0 Å². The highest BCUT2D eigenvalue weighted by molar-refractivity contribution is 5.69. The number of hydrogen-bond donors (Lipinski definition) is 0. The molecule has 0 atom stereocenters. The fourth-order valence-corrected chi connectivity index (χ4v) is 4.01. The number of aromatic nitrogens is 1. The van der Waals surface area contributed by atoms with E-state index >= 15 is 0 Å². The summed E-state index contributed by atoms with van der Waals surface area (Å²) in [6, 6.07) is 13.0. The summed E-state index contributed by atoms with van der Waals surface area (Å²) in [5.74, 6) is 0.991. The molecule has 2 aromatic rings. The lowest BCUT2D eigenvalue weighted by atomic mass is 9.93. The van der Waals surface area contributed by atoms with Crippen molar-refractivity contribution in [2.24, 2.45) is 0 Å². The van der Waals surface area contributed by atoms with Gasteiger partial charge in [0.05, 0.1) is 0 Å². The summed E-state index contributed by atoms with van der Waals surface area (Å²) in [6.07, 6.45) is 15.4. The minimum absolute atomic E-state index is 0.478. The average Bonchev–Trinajstić information content (AvgIpc) is 2.73. The van der Waals surface area contributed by atoms with Crippen LogP contribution >= 0.6 is 0 Å². The molecule has 27 heavy (non-hydrogen) atoms. The van der Waals surface area contributed by atoms with Crippen molar-refractivity contribution in [3.63, 3.8) is 0 Å². The monoisotopic (exact) mass is 358 g/mol. The van der Waals surface area contributed by atoms with Crippen LogP contribution in [0.1, 0.15) is 55.7 Å². The number of anilines is 1. The van der Waals surface area contributed by atoms with E-state index in [2.05, 4.69) is 72.4 Å². The van der Waals surface area contributed by atoms with Crippen molar-refractivity contribution in [1.29, 1.82) is 0 Å². The second-order valence-corrected chi connectivity index (χ2v) is 7.15. The Balaban J connectivity index is 1.89. The van der Waals surface area contributed by atoms with E-state index in [9.17, 15) is 0 Å². The third-order valence-corrected chi connectivity index (χ3v) is 5.42. The van der Waals surface area contributed by atoms with Crippen LogP contribution in [-0.2, 0) is 6.42 Å². The molecular weight excluding hydrogens is 328 g/mol. The van der Waals surface area contributed by atoms with E-state index in [4.69, 9.17) is 0 Å². The van der Waals surface area contributed by atoms with Gasteiger partial charge in [-0.05, 0) is 54.2 Å². The molecule has 1 fully saturated rings. The summed E-state index contributed by atoms with van der Waals surface area (Å²) in [5, 5.41) is 0. The van der Waals surface area contributed by atoms with E-state index in [1.54, 1.807) is 0 Å². The standard InChI is InChI=1S/C25H30N2/c1-4-21-12-11-13-22(24(21)5-2)18-17-20(3)27(23-14-7-6-8-15-23)25-16-9-10-19-26-25/h5,9-13,16-19,23H,2-4,6-8,14-15H2,1H3/b18-17+. The Morgan fingerprint density at radius 2 is 1.96 bits per heavy atom. The van der Waals surface area contributed by atoms with E-state index in [0.717, 1.165) is 17.9 Å². The molecule has 1 aliphatic rings. The van der Waals surface area contributed by atoms with Crippen LogP contribution in [0.5, 0.6) is 0 Å². The zero-order valence-corrected chi connectivity index (χ0v) is 16.4. The van der Waals surface area contributed by atoms with Gasteiger partial charge in [0, 0.05) is 17.9 Å². The fraction of sp³-hybridized carbons (Fsp3) is 0.320. The molecule has 1 heterocycles. The maximum absolute atomic E-state index is 4.61. The maximum Gasteiger partial charge on any atom is 0.133 e. The highest BCUT2D eigenvalue weighted by Gasteiger charge is 2.23. The smallest absolute Gasteiger partial charge is 0.133 e. The second-order valence-electron chi connectivity index (χ2n) is 7.15. The molecule has 1 aromatic carbocycles. The van der Waals surface area contributed by atoms with Crippen LogP contribution in [0.4, 0.5) is 5.82 Å². The Kier molecular flexibility index (Phi) is 6.64. The van der Waals surface area contributed by atoms with Crippen molar-refractivity contribution in [2.75, 3.05) is 4.90 Å². The molecule has 0 radical (unpaired) electrons. The van der Waals surface area contributed by atoms with Crippen molar-refractivity contribution in [1.82, 2.24) is 4.98 Å². The molecule has 1 saturated carbocycles. The fourth-order valence-electron chi connectivity index (χ4n) is 4.01. The lowest BCUT2D eigenvalue weighted by Crippen LogP contribution is -2.36. The van der Waals surface area contributed by atoms with Crippen LogP contribution in [0.25, 0.3) is 12.2 Å². The molecule has 0 spiro atoms. The minimum Gasteiger partial charge on any atom is -0.324 e. The summed E-state index contributed by atoms with van der Waals surface area (Å²) in [4.78, 5) is 6.93. The Hall–Kier alpha value is -2.61. The predicted molar refractivity (Wildman–Crippen MR) is 118 cm³/mol. The number of aryl methyl sites for hydroxylation is 1. The van der Waals surface area contributed by atoms with Gasteiger partial charge >= 0.3 is 0 Å². The van der Waals surface area contributed by atoms with Crippen LogP contribution in [0.15, 0.2) is 67.5 Å². The summed E-state index contributed by atoms with van der Waals surface area (Å²) in [7, 11) is 0. The number of nitrogens with zero attached hydrogens (tertiary/aromatic N) is 2. The highest BCUT2D eigenvalue weighted by atomic mass is 15.2. The van der Waals surface area contributed by atoms with Crippen molar-refractivity contribution >= 4 is 18.0 Å². The first-order valence-corrected chi connectivity index (χ1v) is 10.1. The zero-order chi connectivity index (χ0) is 19.1. The van der Waals surface area contributed by atoms with E-state index in [1.807, 2.05) is 18.3 Å². The van der Waals surface area contributed by atoms with Crippen LogP contribution in [0, 0.1) is 0 Å². The first-order chi connectivity index (χ1) is 13.2. The van der Waals surface area contributed by atoms with Crippen LogP contribution in [0.3, 0.4) is 0 Å². The van der Waals surface area contributed by atoms with Crippen molar-refractivity contribution in [2.45, 2.75) is 51.5 Å². The SMILES string of the molecule is C=Cc1c(/C=C/C(=C)N(c2ccccn2)C2CCCCC2)cccc1CC. The molecule has 0 amide bonds. The van der Waals surface area contributed by atoms with Crippen LogP contribution < -0.4 is 4.90 Å². The molecule has 0 saturated heterocycles. The van der Waals surface area contributed by atoms with E-state index in [1.165, 1.54) is 48.8 Å². The minimum atomic E-state index is 0.478. The summed E-state index contributed by atoms with van der Waals surface area (Å²) < 4.78 is 0. The van der Waals surface area contributed by atoms with Crippen molar-refractivity contribution in [3.05, 3.63) is 84.2 Å². The molecule has 2 nitrogen and oxygen atoms in total. The Bertz CT molecular complexity index is 798. The van der Waals surface area contributed by atoms with E-state index in [-0.39, 0.29) is 0 Å². The number of hydrogen-bond acceptors (Lipinski definition) is 2. The molecular formula is C25H30N2. The van der Waals surface area contributed by atoms with Crippen LogP contribution in [0.2, 0.25) is 0 Å². The lowest BCUT2D eigenvalue weighted by molar-refractivity contribution is 0.429. The first-order valence-electron chi connectivity index (χ1n) is 10.1. The third-order valence-electron chi connectivity index (χ3n) is 5.42. The summed E-state index contributed by atoms with van der Waals surface area (Å²) >= 11 is 0. The normalized spacial score (nSPS) is 15.0. The maximum atomic E-state index is 4.61. The summed E-state index contributed by atoms with van der Waals surface area (Å²) in [5.41, 5.74) is 4.73. The molecule has 2 heteroatoms. The van der Waals surface area contributed by atoms with Gasteiger partial charge in [-0.15, -0.1) is 0 Å². The average molecular weight is 359 g/mol. The topological polar surface area (TPSA) is 16.1 Å². The molecule has 3 rings (SSSR count). The molecule has 140 valence electrons. The van der Waals surface area contributed by atoms with E-state index in [0.29, 0.717) is 6.04 Å². The first kappa shape index (κ1) is 19.2. The lowest BCUT2D eigenvalue weighted by Gasteiger charge is -2.35. The van der Waals surface area contributed by atoms with Gasteiger partial charge in [-0.1, -0.05) is 75.8 Å². The van der Waals surface area contributed by atoms with Crippen molar-refractivity contribution < 1.29 is 0 Å². The van der Waals surface area contributed by atoms with Crippen molar-refractivity contribution in [3.8, 4) is 0 Å². The zero-order valence-electron chi connectivity index (χ0n) is 16.4. The number of rotatable bonds is 7. The van der Waals surface area contributed by atoms with E-state index < -0.39 is 0 Å². The Labute approximate surface area is 164 Å². The Morgan fingerprint density at radius 1 is 1.15 bits per heavy atom. The van der Waals surface area contributed by atoms with Crippen LogP contribution in [-0.4, -0.2) is 11.0 Å². The summed E-state index contributed by atoms with van der Waals surface area (Å²) in [6.45, 7) is 10.6. The molecule has 0 bridgehead atoms. The highest BCUT2D eigenvalue weighted by Crippen LogP contribution is 2.30.